The Morgan fingerprint density at radius 2 is 1.77 bits per heavy atom. The molecular formula is C20H21N3O3. The van der Waals surface area contributed by atoms with Crippen LogP contribution in [-0.4, -0.2) is 34.8 Å². The highest BCUT2D eigenvalue weighted by atomic mass is 16.4. The molecule has 6 nitrogen and oxygen atoms in total. The van der Waals surface area contributed by atoms with Gasteiger partial charge in [0.1, 0.15) is 6.04 Å². The van der Waals surface area contributed by atoms with E-state index in [-0.39, 0.29) is 12.3 Å². The minimum absolute atomic E-state index is 0.286. The maximum Gasteiger partial charge on any atom is 0.405 e. The number of rotatable bonds is 6. The molecule has 0 bridgehead atoms. The normalized spacial score (nSPS) is 11.9. The molecule has 1 heterocycles. The number of hydrogen-bond acceptors (Lipinski definition) is 2. The number of carboxylic acid groups (broad SMARTS) is 1. The molecule has 0 saturated carbocycles. The second-order valence-corrected chi connectivity index (χ2v) is 6.11. The molecule has 0 aliphatic carbocycles. The van der Waals surface area contributed by atoms with Gasteiger partial charge in [-0.15, -0.1) is 0 Å². The summed E-state index contributed by atoms with van der Waals surface area (Å²) in [6.45, 7) is 0.707. The summed E-state index contributed by atoms with van der Waals surface area (Å²) >= 11 is 0. The molecule has 6 heteroatoms. The Hall–Kier alpha value is -3.28. The van der Waals surface area contributed by atoms with E-state index in [1.54, 1.807) is 0 Å². The summed E-state index contributed by atoms with van der Waals surface area (Å²) in [5.41, 5.74) is 3.16. The number of likely N-dealkylation sites (N-methyl/N-ethyl adjacent to an activating group) is 1. The fourth-order valence-corrected chi connectivity index (χ4v) is 3.15. The summed E-state index contributed by atoms with van der Waals surface area (Å²) in [6, 6.07) is 17.2. The van der Waals surface area contributed by atoms with Crippen LogP contribution < -0.4 is 10.6 Å². The van der Waals surface area contributed by atoms with Crippen LogP contribution in [0.3, 0.4) is 0 Å². The van der Waals surface area contributed by atoms with E-state index < -0.39 is 12.1 Å². The zero-order chi connectivity index (χ0) is 18.5. The molecule has 3 rings (SSSR count). The van der Waals surface area contributed by atoms with Crippen molar-refractivity contribution < 1.29 is 14.7 Å². The standard InChI is InChI=1S/C20H21N3O3/c1-21-19(24)17(22-20(25)26)11-15-13-23(12-14-7-3-2-4-8-14)18-10-6-5-9-16(15)18/h2-10,13,17,22H,11-12H2,1H3,(H,21,24)(H,25,26). The molecule has 3 N–H and O–H groups in total. The smallest absolute Gasteiger partial charge is 0.405 e. The molecule has 0 aliphatic rings. The Bertz CT molecular complexity index is 918. The fourth-order valence-electron chi connectivity index (χ4n) is 3.15. The first-order valence-corrected chi connectivity index (χ1v) is 8.40. The van der Waals surface area contributed by atoms with Crippen molar-refractivity contribution in [3.05, 3.63) is 71.9 Å². The molecule has 1 atom stereocenters. The average molecular weight is 351 g/mol. The number of fused-ring (bicyclic) bond motifs is 1. The van der Waals surface area contributed by atoms with Gasteiger partial charge in [0.15, 0.2) is 0 Å². The van der Waals surface area contributed by atoms with Crippen LogP contribution in [0.2, 0.25) is 0 Å². The highest BCUT2D eigenvalue weighted by molar-refractivity contribution is 5.88. The summed E-state index contributed by atoms with van der Waals surface area (Å²) in [7, 11) is 1.50. The Labute approximate surface area is 151 Å². The number of nitrogens with one attached hydrogen (secondary N) is 2. The molecule has 26 heavy (non-hydrogen) atoms. The van der Waals surface area contributed by atoms with Crippen molar-refractivity contribution in [2.75, 3.05) is 7.05 Å². The average Bonchev–Trinajstić information content (AvgIpc) is 2.99. The Balaban J connectivity index is 1.95. The van der Waals surface area contributed by atoms with Crippen LogP contribution in [0.15, 0.2) is 60.8 Å². The highest BCUT2D eigenvalue weighted by Crippen LogP contribution is 2.23. The number of carbonyl (C=O) groups excluding carboxylic acids is 1. The second kappa shape index (κ2) is 7.74. The monoisotopic (exact) mass is 351 g/mol. The molecule has 2 amide bonds. The summed E-state index contributed by atoms with van der Waals surface area (Å²) in [5, 5.41) is 14.9. The Kier molecular flexibility index (Phi) is 5.22. The van der Waals surface area contributed by atoms with Crippen molar-refractivity contribution >= 4 is 22.9 Å². The third kappa shape index (κ3) is 3.85. The first-order valence-electron chi connectivity index (χ1n) is 8.40. The van der Waals surface area contributed by atoms with Crippen LogP contribution in [0.4, 0.5) is 4.79 Å². The summed E-state index contributed by atoms with van der Waals surface area (Å²) in [6.07, 6.45) is 1.07. The van der Waals surface area contributed by atoms with Gasteiger partial charge in [0.05, 0.1) is 0 Å². The van der Waals surface area contributed by atoms with Crippen molar-refractivity contribution in [2.45, 2.75) is 19.0 Å². The van der Waals surface area contributed by atoms with Gasteiger partial charge in [-0.1, -0.05) is 48.5 Å². The van der Waals surface area contributed by atoms with Crippen LogP contribution in [0.5, 0.6) is 0 Å². The molecule has 1 aromatic heterocycles. The first kappa shape index (κ1) is 17.5. The van der Waals surface area contributed by atoms with E-state index in [9.17, 15) is 9.59 Å². The topological polar surface area (TPSA) is 83.4 Å². The molecule has 0 aliphatic heterocycles. The molecule has 0 radical (unpaired) electrons. The Morgan fingerprint density at radius 1 is 1.08 bits per heavy atom. The van der Waals surface area contributed by atoms with Gasteiger partial charge in [0.2, 0.25) is 5.91 Å². The van der Waals surface area contributed by atoms with Crippen LogP contribution in [0, 0.1) is 0 Å². The van der Waals surface area contributed by atoms with Gasteiger partial charge in [-0.2, -0.15) is 0 Å². The number of aromatic nitrogens is 1. The van der Waals surface area contributed by atoms with Gasteiger partial charge < -0.3 is 20.3 Å². The molecule has 3 aromatic rings. The van der Waals surface area contributed by atoms with Gasteiger partial charge in [0, 0.05) is 37.1 Å². The van der Waals surface area contributed by atoms with Crippen molar-refractivity contribution in [3.8, 4) is 0 Å². The van der Waals surface area contributed by atoms with Gasteiger partial charge in [0.25, 0.3) is 0 Å². The minimum Gasteiger partial charge on any atom is -0.465 e. The predicted molar refractivity (Wildman–Crippen MR) is 100 cm³/mol. The van der Waals surface area contributed by atoms with Gasteiger partial charge in [-0.25, -0.2) is 4.79 Å². The highest BCUT2D eigenvalue weighted by Gasteiger charge is 2.22. The second-order valence-electron chi connectivity index (χ2n) is 6.11. The number of amides is 2. The largest absolute Gasteiger partial charge is 0.465 e. The lowest BCUT2D eigenvalue weighted by Crippen LogP contribution is -2.46. The summed E-state index contributed by atoms with van der Waals surface area (Å²) in [5.74, 6) is -0.354. The maximum absolute atomic E-state index is 12.0. The predicted octanol–water partition coefficient (Wildman–Crippen LogP) is 2.61. The number of benzene rings is 2. The molecule has 0 spiro atoms. The quantitative estimate of drug-likeness (QED) is 0.638. The number of para-hydroxylation sites is 1. The zero-order valence-corrected chi connectivity index (χ0v) is 14.5. The first-order chi connectivity index (χ1) is 12.6. The molecule has 0 saturated heterocycles. The molecular weight excluding hydrogens is 330 g/mol. The van der Waals surface area contributed by atoms with Crippen molar-refractivity contribution in [1.29, 1.82) is 0 Å². The van der Waals surface area contributed by atoms with E-state index in [0.717, 1.165) is 16.5 Å². The van der Waals surface area contributed by atoms with E-state index in [0.29, 0.717) is 6.54 Å². The summed E-state index contributed by atoms with van der Waals surface area (Å²) in [4.78, 5) is 23.1. The van der Waals surface area contributed by atoms with Gasteiger partial charge in [-0.05, 0) is 17.2 Å². The van der Waals surface area contributed by atoms with Crippen LogP contribution in [-0.2, 0) is 17.8 Å². The van der Waals surface area contributed by atoms with Crippen molar-refractivity contribution in [3.63, 3.8) is 0 Å². The van der Waals surface area contributed by atoms with Crippen LogP contribution in [0.25, 0.3) is 10.9 Å². The minimum atomic E-state index is -1.22. The third-order valence-electron chi connectivity index (χ3n) is 4.35. The van der Waals surface area contributed by atoms with E-state index in [1.807, 2.05) is 48.7 Å². The third-order valence-corrected chi connectivity index (χ3v) is 4.35. The molecule has 0 fully saturated rings. The van der Waals surface area contributed by atoms with Crippen LogP contribution in [0.1, 0.15) is 11.1 Å². The lowest BCUT2D eigenvalue weighted by atomic mass is 10.0. The van der Waals surface area contributed by atoms with Crippen molar-refractivity contribution in [2.24, 2.45) is 0 Å². The van der Waals surface area contributed by atoms with E-state index >= 15 is 0 Å². The van der Waals surface area contributed by atoms with Gasteiger partial charge in [-0.3, -0.25) is 4.79 Å². The number of carbonyl (C=O) groups is 2. The fraction of sp³-hybridized carbons (Fsp3) is 0.200. The molecule has 1 unspecified atom stereocenters. The molecule has 134 valence electrons. The summed E-state index contributed by atoms with van der Waals surface area (Å²) < 4.78 is 2.13. The van der Waals surface area contributed by atoms with E-state index in [2.05, 4.69) is 27.3 Å². The lowest BCUT2D eigenvalue weighted by molar-refractivity contribution is -0.122. The number of nitrogens with zero attached hydrogens (tertiary/aromatic N) is 1. The van der Waals surface area contributed by atoms with Gasteiger partial charge >= 0.3 is 6.09 Å². The SMILES string of the molecule is CNC(=O)C(Cc1cn(Cc2ccccc2)c2ccccc12)NC(=O)O. The van der Waals surface area contributed by atoms with Crippen molar-refractivity contribution in [1.82, 2.24) is 15.2 Å². The van der Waals surface area contributed by atoms with E-state index in [1.165, 1.54) is 12.6 Å². The Morgan fingerprint density at radius 3 is 2.46 bits per heavy atom. The maximum atomic E-state index is 12.0. The zero-order valence-electron chi connectivity index (χ0n) is 14.5. The van der Waals surface area contributed by atoms with E-state index in [4.69, 9.17) is 5.11 Å². The van der Waals surface area contributed by atoms with Crippen LogP contribution >= 0.6 is 0 Å². The number of hydrogen-bond donors (Lipinski definition) is 3. The lowest BCUT2D eigenvalue weighted by Gasteiger charge is -2.14. The molecule has 2 aromatic carbocycles.